The van der Waals surface area contributed by atoms with E-state index in [0.717, 1.165) is 36.3 Å². The van der Waals surface area contributed by atoms with E-state index >= 15 is 0 Å². The number of hydrogen-bond donors (Lipinski definition) is 0. The van der Waals surface area contributed by atoms with Crippen LogP contribution in [-0.4, -0.2) is 6.04 Å². The first-order chi connectivity index (χ1) is 27.3. The van der Waals surface area contributed by atoms with E-state index in [0.29, 0.717) is 0 Å². The van der Waals surface area contributed by atoms with Crippen molar-refractivity contribution in [1.29, 1.82) is 0 Å². The zero-order valence-electron chi connectivity index (χ0n) is 30.7. The molecule has 55 heavy (non-hydrogen) atoms. The molecule has 0 saturated heterocycles. The first kappa shape index (κ1) is 34.4. The summed E-state index contributed by atoms with van der Waals surface area (Å²) in [6.07, 6.45) is 16.9. The van der Waals surface area contributed by atoms with E-state index < -0.39 is 0 Å². The van der Waals surface area contributed by atoms with Gasteiger partial charge < -0.3 is 9.80 Å². The van der Waals surface area contributed by atoms with Crippen molar-refractivity contribution in [3.63, 3.8) is 0 Å². The van der Waals surface area contributed by atoms with E-state index in [9.17, 15) is 0 Å². The summed E-state index contributed by atoms with van der Waals surface area (Å²) in [6.45, 7) is 0. The third-order valence-electron chi connectivity index (χ3n) is 10.5. The molecule has 9 rings (SSSR count). The van der Waals surface area contributed by atoms with Crippen LogP contribution in [0.15, 0.2) is 218 Å². The van der Waals surface area contributed by atoms with E-state index in [1.54, 1.807) is 0 Å². The minimum Gasteiger partial charge on any atom is -0.338 e. The van der Waals surface area contributed by atoms with Crippen molar-refractivity contribution in [3.8, 4) is 32.0 Å². The Labute approximate surface area is 329 Å². The first-order valence-corrected chi connectivity index (χ1v) is 20.0. The molecular weight excluding hydrogens is 685 g/mol. The van der Waals surface area contributed by atoms with Crippen LogP contribution in [0.25, 0.3) is 37.6 Å². The highest BCUT2D eigenvalue weighted by Gasteiger charge is 2.22. The maximum absolute atomic E-state index is 2.51. The Balaban J connectivity index is 0.926. The molecule has 0 amide bonds. The molecule has 266 valence electrons. The summed E-state index contributed by atoms with van der Waals surface area (Å²) in [4.78, 5) is 7.43. The van der Waals surface area contributed by atoms with Crippen molar-refractivity contribution in [3.05, 3.63) is 224 Å². The SMILES string of the molecule is C1=CCCC(N(c2ccccc2)C2C=CC(c3ccc(N(c4ccccc4)c4ccc(-c5ccc(-c6ccc(-c7ccccc7)s6)cc5)cc4)cc3)=CC2)=C1. The van der Waals surface area contributed by atoms with Gasteiger partial charge in [-0.2, -0.15) is 0 Å². The van der Waals surface area contributed by atoms with Crippen LogP contribution in [0, 0.1) is 0 Å². The number of allylic oxidation sites excluding steroid dienone is 6. The smallest absolute Gasteiger partial charge is 0.0557 e. The van der Waals surface area contributed by atoms with Crippen LogP contribution < -0.4 is 9.80 Å². The van der Waals surface area contributed by atoms with Crippen molar-refractivity contribution in [2.45, 2.75) is 25.3 Å². The third-order valence-corrected chi connectivity index (χ3v) is 11.7. The fourth-order valence-corrected chi connectivity index (χ4v) is 8.69. The summed E-state index contributed by atoms with van der Waals surface area (Å²) in [5.74, 6) is 0. The average molecular weight is 727 g/mol. The molecule has 2 nitrogen and oxygen atoms in total. The highest BCUT2D eigenvalue weighted by Crippen LogP contribution is 2.39. The summed E-state index contributed by atoms with van der Waals surface area (Å²) in [5.41, 5.74) is 13.4. The Morgan fingerprint density at radius 3 is 1.55 bits per heavy atom. The van der Waals surface area contributed by atoms with E-state index in [-0.39, 0.29) is 6.04 Å². The van der Waals surface area contributed by atoms with Crippen molar-refractivity contribution in [2.24, 2.45) is 0 Å². The standard InChI is InChI=1S/C52H42N2S/c1-5-13-43(14-6-1)51-37-38-52(55-51)44-23-21-39(22-24-44)40-25-33-49(34-26-40)54(47-19-11-4-12-20-47)50-35-29-42(30-36-50)41-27-31-48(32-28-41)53(45-15-7-2-8-16-45)46-17-9-3-10-18-46/h1-9,11-17,19-31,33-38,48H,10,18,32H2. The first-order valence-electron chi connectivity index (χ1n) is 19.2. The van der Waals surface area contributed by atoms with E-state index in [1.807, 2.05) is 11.3 Å². The molecule has 1 unspecified atom stereocenters. The Kier molecular flexibility index (Phi) is 9.93. The van der Waals surface area contributed by atoms with Crippen LogP contribution in [0.1, 0.15) is 24.8 Å². The fraction of sp³-hybridized carbons (Fsp3) is 0.0769. The lowest BCUT2D eigenvalue weighted by molar-refractivity contribution is 0.722. The Bertz CT molecular complexity index is 2470. The summed E-state index contributed by atoms with van der Waals surface area (Å²) < 4.78 is 0. The summed E-state index contributed by atoms with van der Waals surface area (Å²) in [7, 11) is 0. The molecule has 0 spiro atoms. The molecule has 0 radical (unpaired) electrons. The summed E-state index contributed by atoms with van der Waals surface area (Å²) >= 11 is 1.84. The van der Waals surface area contributed by atoms with Gasteiger partial charge in [-0.1, -0.05) is 146 Å². The molecule has 2 aliphatic carbocycles. The second kappa shape index (κ2) is 15.9. The van der Waals surface area contributed by atoms with Gasteiger partial charge in [-0.25, -0.2) is 0 Å². The molecule has 1 heterocycles. The normalized spacial score (nSPS) is 14.9. The lowest BCUT2D eigenvalue weighted by Gasteiger charge is -2.35. The maximum atomic E-state index is 2.51. The van der Waals surface area contributed by atoms with Gasteiger partial charge in [0.1, 0.15) is 0 Å². The van der Waals surface area contributed by atoms with Gasteiger partial charge in [0, 0.05) is 38.2 Å². The fourth-order valence-electron chi connectivity index (χ4n) is 7.67. The topological polar surface area (TPSA) is 6.48 Å². The van der Waals surface area contributed by atoms with Gasteiger partial charge in [0.2, 0.25) is 0 Å². The molecule has 0 saturated carbocycles. The molecule has 0 bridgehead atoms. The molecule has 0 N–H and O–H groups in total. The molecule has 7 aromatic rings. The van der Waals surface area contributed by atoms with E-state index in [4.69, 9.17) is 0 Å². The number of thiophene rings is 1. The van der Waals surface area contributed by atoms with Crippen molar-refractivity contribution in [1.82, 2.24) is 0 Å². The highest BCUT2D eigenvalue weighted by molar-refractivity contribution is 7.18. The monoisotopic (exact) mass is 726 g/mol. The third kappa shape index (κ3) is 7.53. The maximum Gasteiger partial charge on any atom is 0.0557 e. The molecule has 1 atom stereocenters. The van der Waals surface area contributed by atoms with Gasteiger partial charge in [0.05, 0.1) is 6.04 Å². The van der Waals surface area contributed by atoms with Crippen molar-refractivity contribution in [2.75, 3.05) is 9.80 Å². The molecule has 3 heteroatoms. The zero-order chi connectivity index (χ0) is 36.8. The quantitative estimate of drug-likeness (QED) is 0.138. The van der Waals surface area contributed by atoms with Crippen molar-refractivity contribution < 1.29 is 0 Å². The molecule has 2 aliphatic rings. The molecule has 0 aliphatic heterocycles. The minimum absolute atomic E-state index is 0.284. The van der Waals surface area contributed by atoms with Gasteiger partial charge in [-0.05, 0) is 119 Å². The number of benzene rings is 6. The van der Waals surface area contributed by atoms with Crippen LogP contribution in [-0.2, 0) is 0 Å². The zero-order valence-corrected chi connectivity index (χ0v) is 31.5. The number of nitrogens with zero attached hydrogens (tertiary/aromatic N) is 2. The number of rotatable bonds is 10. The van der Waals surface area contributed by atoms with Crippen LogP contribution in [0.3, 0.4) is 0 Å². The molecule has 0 fully saturated rings. The largest absolute Gasteiger partial charge is 0.338 e. The van der Waals surface area contributed by atoms with E-state index in [2.05, 4.69) is 222 Å². The average Bonchev–Trinajstić information content (AvgIpc) is 3.77. The Hall–Kier alpha value is -6.42. The summed E-state index contributed by atoms with van der Waals surface area (Å²) in [5, 5.41) is 0. The Morgan fingerprint density at radius 2 is 0.982 bits per heavy atom. The number of para-hydroxylation sites is 2. The number of hydrogen-bond acceptors (Lipinski definition) is 3. The second-order valence-corrected chi connectivity index (χ2v) is 15.1. The van der Waals surface area contributed by atoms with Crippen LogP contribution in [0.4, 0.5) is 22.7 Å². The van der Waals surface area contributed by atoms with Gasteiger partial charge in [-0.3, -0.25) is 0 Å². The van der Waals surface area contributed by atoms with Crippen LogP contribution >= 0.6 is 11.3 Å². The number of anilines is 4. The lowest BCUT2D eigenvalue weighted by Crippen LogP contribution is -2.34. The molecular formula is C52H42N2S. The molecule has 6 aromatic carbocycles. The van der Waals surface area contributed by atoms with Gasteiger partial charge >= 0.3 is 0 Å². The van der Waals surface area contributed by atoms with Crippen LogP contribution in [0.2, 0.25) is 0 Å². The van der Waals surface area contributed by atoms with E-state index in [1.165, 1.54) is 54.5 Å². The van der Waals surface area contributed by atoms with Gasteiger partial charge in [-0.15, -0.1) is 11.3 Å². The highest BCUT2D eigenvalue weighted by atomic mass is 32.1. The minimum atomic E-state index is 0.284. The predicted octanol–water partition coefficient (Wildman–Crippen LogP) is 14.7. The Morgan fingerprint density at radius 1 is 0.473 bits per heavy atom. The second-order valence-electron chi connectivity index (χ2n) is 14.0. The van der Waals surface area contributed by atoms with Crippen molar-refractivity contribution >= 4 is 39.7 Å². The summed E-state index contributed by atoms with van der Waals surface area (Å²) in [6, 6.07) is 63.7. The van der Waals surface area contributed by atoms with Gasteiger partial charge in [0.15, 0.2) is 0 Å². The van der Waals surface area contributed by atoms with Gasteiger partial charge in [0.25, 0.3) is 0 Å². The lowest BCUT2D eigenvalue weighted by atomic mass is 9.94. The predicted molar refractivity (Wildman–Crippen MR) is 236 cm³/mol. The van der Waals surface area contributed by atoms with Crippen LogP contribution in [0.5, 0.6) is 0 Å². The molecule has 1 aromatic heterocycles.